The normalized spacial score (nSPS) is 4.25. The van der Waals surface area contributed by atoms with Crippen LogP contribution in [0.5, 0.6) is 0 Å². The van der Waals surface area contributed by atoms with Gasteiger partial charge < -0.3 is 4.77 Å². The first-order chi connectivity index (χ1) is 1.41. The van der Waals surface area contributed by atoms with Crippen molar-refractivity contribution in [3.05, 3.63) is 0 Å². The number of halogens is 1. The van der Waals surface area contributed by atoms with E-state index in [0.717, 1.165) is 0 Å². The van der Waals surface area contributed by atoms with Gasteiger partial charge in [0, 0.05) is 11.9 Å². The summed E-state index contributed by atoms with van der Waals surface area (Å²) in [5, 5.41) is 0. The Balaban J connectivity index is -0.0000000200. The summed E-state index contributed by atoms with van der Waals surface area (Å²) in [4.78, 5) is 0. The Bertz CT molecular complexity index is 11.6. The third kappa shape index (κ3) is 9.22. The van der Waals surface area contributed by atoms with E-state index in [0.29, 0.717) is 16.6 Å². The smallest absolute Gasteiger partial charge is 1.00 e. The summed E-state index contributed by atoms with van der Waals surface area (Å²) in [6, 6.07) is 0. The van der Waals surface area contributed by atoms with Crippen molar-refractivity contribution in [1.82, 2.24) is 0 Å². The molecule has 0 saturated heterocycles. The van der Waals surface area contributed by atoms with Gasteiger partial charge in [-0.1, -0.05) is 0 Å². The Morgan fingerprint density at radius 2 is 2.00 bits per heavy atom. The van der Waals surface area contributed by atoms with Gasteiger partial charge in [-0.2, -0.15) is 0 Å². The van der Waals surface area contributed by atoms with Gasteiger partial charge in [-0.3, -0.25) is 0 Å². The Hall–Kier alpha value is 1.78. The molecule has 1 nitrogen and oxygen atoms in total. The van der Waals surface area contributed by atoms with Crippen LogP contribution in [0.1, 0.15) is 1.43 Å². The zero-order chi connectivity index (χ0) is 2.71. The van der Waals surface area contributed by atoms with Crippen molar-refractivity contribution in [3.8, 4) is 0 Å². The van der Waals surface area contributed by atoms with E-state index in [4.69, 9.17) is 0 Å². The monoisotopic (exact) mass is 104 g/mol. The van der Waals surface area contributed by atoms with Gasteiger partial charge in [-0.05, 0) is 0 Å². The summed E-state index contributed by atoms with van der Waals surface area (Å²) >= 11 is 5.19. The molecule has 0 bridgehead atoms. The molecule has 0 rings (SSSR count). The Morgan fingerprint density at radius 1 is 2.00 bits per heavy atom. The van der Waals surface area contributed by atoms with Gasteiger partial charge >= 0.3 is 46.2 Å². The average Bonchev–Trinajstić information content (AvgIpc) is 0.918. The van der Waals surface area contributed by atoms with Crippen molar-refractivity contribution < 1.29 is 34.3 Å². The average molecular weight is 104 g/mol. The Labute approximate surface area is 62.4 Å². The quantitative estimate of drug-likeness (QED) is 0.295. The first-order valence-corrected chi connectivity index (χ1v) is 1.69. The molecule has 0 unspecified atom stereocenters. The van der Waals surface area contributed by atoms with Crippen molar-refractivity contribution in [3.63, 3.8) is 0 Å². The largest absolute Gasteiger partial charge is 1.00 e. The molecular formula is H3AlClNaO. The second kappa shape index (κ2) is 8.84. The minimum Gasteiger partial charge on any atom is -1.00 e. The summed E-state index contributed by atoms with van der Waals surface area (Å²) in [5.74, 6) is 0. The molecule has 0 aliphatic rings. The van der Waals surface area contributed by atoms with E-state index < -0.39 is 0 Å². The molecule has 0 N–H and O–H groups in total. The second-order valence-corrected chi connectivity index (χ2v) is 1.39. The number of rotatable bonds is 0. The summed E-state index contributed by atoms with van der Waals surface area (Å²) in [5.41, 5.74) is 0. The van der Waals surface area contributed by atoms with Crippen LogP contribution in [0.4, 0.5) is 0 Å². The van der Waals surface area contributed by atoms with Crippen LogP contribution in [0.15, 0.2) is 0 Å². The fraction of sp³-hybridized carbons (Fsp3) is 0. The van der Waals surface area contributed by atoms with Gasteiger partial charge in [-0.25, -0.2) is 0 Å². The van der Waals surface area contributed by atoms with Crippen LogP contribution in [0.25, 0.3) is 0 Å². The van der Waals surface area contributed by atoms with Gasteiger partial charge in [0.25, 0.3) is 0 Å². The molecule has 0 aromatic carbocycles. The van der Waals surface area contributed by atoms with E-state index in [2.05, 4.69) is 15.2 Å². The minimum absolute atomic E-state index is 0. The van der Waals surface area contributed by atoms with Crippen molar-refractivity contribution in [2.45, 2.75) is 0 Å². The van der Waals surface area contributed by atoms with E-state index in [1.807, 2.05) is 0 Å². The first-order valence-electron chi connectivity index (χ1n) is 0.563. The molecule has 0 spiro atoms. The standard InChI is InChI=1S/Al.ClO.Na.3H/c;1-2;;;;/q+1;-1;+1;;;-1. The van der Waals surface area contributed by atoms with Gasteiger partial charge in [0.05, 0.1) is 0 Å². The molecular weight excluding hydrogens is 101 g/mol. The zero-order valence-electron chi connectivity index (χ0n) is 3.79. The summed E-state index contributed by atoms with van der Waals surface area (Å²) in [6.45, 7) is 0. The zero-order valence-corrected chi connectivity index (χ0v) is 7.54. The molecule has 20 valence electrons. The van der Waals surface area contributed by atoms with Crippen LogP contribution in [-0.2, 0) is 3.34 Å². The topological polar surface area (TPSA) is 9.23 Å². The van der Waals surface area contributed by atoms with Crippen LogP contribution in [0.2, 0.25) is 0 Å². The van der Waals surface area contributed by atoms with Crippen molar-refractivity contribution in [2.75, 3.05) is 0 Å². The molecule has 0 heterocycles. The fourth-order valence-corrected chi connectivity index (χ4v) is 0. The van der Waals surface area contributed by atoms with Crippen LogP contribution in [-0.4, -0.2) is 16.6 Å². The minimum atomic E-state index is 0. The molecule has 0 aromatic rings. The molecule has 0 aliphatic heterocycles. The third-order valence-electron chi connectivity index (χ3n) is 0. The molecule has 0 radical (unpaired) electrons. The van der Waals surface area contributed by atoms with Gasteiger partial charge in [0.15, 0.2) is 0 Å². The summed E-state index contributed by atoms with van der Waals surface area (Å²) in [6.07, 6.45) is 0. The predicted octanol–water partition coefficient (Wildman–Crippen LogP) is -3.18. The first kappa shape index (κ1) is 9.24. The fourth-order valence-electron chi connectivity index (χ4n) is 0. The maximum atomic E-state index is 4.56. The summed E-state index contributed by atoms with van der Waals surface area (Å²) < 4.78 is 3.86. The molecule has 0 aliphatic carbocycles. The van der Waals surface area contributed by atoms with Crippen LogP contribution in [0, 0.1) is 0 Å². The van der Waals surface area contributed by atoms with Crippen molar-refractivity contribution in [1.29, 1.82) is 0 Å². The van der Waals surface area contributed by atoms with Crippen LogP contribution in [0.3, 0.4) is 0 Å². The molecule has 0 atom stereocenters. The van der Waals surface area contributed by atoms with E-state index in [1.165, 1.54) is 0 Å². The molecule has 0 amide bonds. The van der Waals surface area contributed by atoms with Crippen molar-refractivity contribution >= 4 is 28.5 Å². The van der Waals surface area contributed by atoms with Gasteiger partial charge in [0.1, 0.15) is 0 Å². The number of hydrogen-bond donors (Lipinski definition) is 0. The molecule has 0 fully saturated rings. The van der Waals surface area contributed by atoms with Gasteiger partial charge in [-0.15, -0.1) is 0 Å². The Kier molecular flexibility index (Phi) is 20.4. The van der Waals surface area contributed by atoms with Gasteiger partial charge in [0.2, 0.25) is 0 Å². The van der Waals surface area contributed by atoms with Crippen LogP contribution >= 0.6 is 11.9 Å². The SMILES string of the molecule is [AlH2][O]Cl.[H-].[Na+]. The molecule has 0 aromatic heterocycles. The molecule has 0 saturated carbocycles. The van der Waals surface area contributed by atoms with Crippen molar-refractivity contribution in [2.24, 2.45) is 0 Å². The predicted molar refractivity (Wildman–Crippen MR) is 16.6 cm³/mol. The maximum absolute atomic E-state index is 4.56. The molecule has 4 heavy (non-hydrogen) atoms. The van der Waals surface area contributed by atoms with E-state index in [-0.39, 0.29) is 31.0 Å². The van der Waals surface area contributed by atoms with E-state index in [9.17, 15) is 0 Å². The van der Waals surface area contributed by atoms with Crippen LogP contribution < -0.4 is 29.6 Å². The van der Waals surface area contributed by atoms with E-state index >= 15 is 0 Å². The summed E-state index contributed by atoms with van der Waals surface area (Å²) in [7, 11) is 0. The molecule has 4 heteroatoms. The maximum Gasteiger partial charge on any atom is 1.00 e. The third-order valence-corrected chi connectivity index (χ3v) is 0. The second-order valence-electron chi connectivity index (χ2n) is 0.154. The number of hydrogen-bond acceptors (Lipinski definition) is 1. The Morgan fingerprint density at radius 3 is 2.00 bits per heavy atom. The van der Waals surface area contributed by atoms with E-state index in [1.54, 1.807) is 0 Å².